The molecule has 0 aromatic carbocycles. The van der Waals surface area contributed by atoms with Crippen LogP contribution in [0.5, 0.6) is 0 Å². The highest BCUT2D eigenvalue weighted by atomic mass is 16.5. The van der Waals surface area contributed by atoms with E-state index in [-0.39, 0.29) is 0 Å². The first-order chi connectivity index (χ1) is 7.49. The van der Waals surface area contributed by atoms with Crippen LogP contribution in [0.2, 0.25) is 0 Å². The standard InChI is InChI=1S/C13H28N2O/c1-13(2,3)11-6-7-15(9-11)12(8-14-4)10-16-5/h11-12,14H,6-10H2,1-5H3. The molecule has 2 atom stereocenters. The second-order valence-corrected chi connectivity index (χ2v) is 6.01. The second kappa shape index (κ2) is 5.99. The second-order valence-electron chi connectivity index (χ2n) is 6.01. The van der Waals surface area contributed by atoms with Gasteiger partial charge in [-0.15, -0.1) is 0 Å². The van der Waals surface area contributed by atoms with Crippen LogP contribution in [0.15, 0.2) is 0 Å². The maximum Gasteiger partial charge on any atom is 0.0630 e. The van der Waals surface area contributed by atoms with E-state index in [4.69, 9.17) is 4.74 Å². The third-order valence-corrected chi connectivity index (χ3v) is 3.76. The van der Waals surface area contributed by atoms with Crippen LogP contribution in [0.3, 0.4) is 0 Å². The van der Waals surface area contributed by atoms with Gasteiger partial charge in [0.2, 0.25) is 0 Å². The number of methoxy groups -OCH3 is 1. The zero-order valence-corrected chi connectivity index (χ0v) is 11.5. The zero-order chi connectivity index (χ0) is 12.2. The van der Waals surface area contributed by atoms with E-state index in [1.54, 1.807) is 7.11 Å². The van der Waals surface area contributed by atoms with Crippen molar-refractivity contribution in [3.63, 3.8) is 0 Å². The van der Waals surface area contributed by atoms with Crippen LogP contribution in [0.1, 0.15) is 27.2 Å². The van der Waals surface area contributed by atoms with Crippen LogP contribution in [0.4, 0.5) is 0 Å². The quantitative estimate of drug-likeness (QED) is 0.773. The summed E-state index contributed by atoms with van der Waals surface area (Å²) in [5.41, 5.74) is 0.437. The predicted octanol–water partition coefficient (Wildman–Crippen LogP) is 1.59. The molecule has 16 heavy (non-hydrogen) atoms. The Hall–Kier alpha value is -0.120. The number of hydrogen-bond acceptors (Lipinski definition) is 3. The van der Waals surface area contributed by atoms with Crippen LogP contribution < -0.4 is 5.32 Å². The summed E-state index contributed by atoms with van der Waals surface area (Å²) in [4.78, 5) is 2.58. The van der Waals surface area contributed by atoms with Gasteiger partial charge >= 0.3 is 0 Å². The number of nitrogens with one attached hydrogen (secondary N) is 1. The van der Waals surface area contributed by atoms with E-state index >= 15 is 0 Å². The van der Waals surface area contributed by atoms with Gasteiger partial charge in [0.1, 0.15) is 0 Å². The summed E-state index contributed by atoms with van der Waals surface area (Å²) in [6.45, 7) is 11.3. The molecule has 1 N–H and O–H groups in total. The molecule has 0 spiro atoms. The predicted molar refractivity (Wildman–Crippen MR) is 68.7 cm³/mol. The number of rotatable bonds is 5. The van der Waals surface area contributed by atoms with Gasteiger partial charge in [-0.25, -0.2) is 0 Å². The van der Waals surface area contributed by atoms with Gasteiger partial charge in [0.05, 0.1) is 6.61 Å². The summed E-state index contributed by atoms with van der Waals surface area (Å²) in [5, 5.41) is 3.26. The molecule has 0 radical (unpaired) electrons. The van der Waals surface area contributed by atoms with E-state index in [2.05, 4.69) is 31.0 Å². The molecule has 96 valence electrons. The van der Waals surface area contributed by atoms with Crippen LogP contribution in [-0.4, -0.2) is 51.3 Å². The molecule has 0 amide bonds. The molecule has 3 heteroatoms. The molecule has 0 aromatic rings. The number of nitrogens with zero attached hydrogens (tertiary/aromatic N) is 1. The molecule has 1 heterocycles. The minimum absolute atomic E-state index is 0.437. The van der Waals surface area contributed by atoms with Gasteiger partial charge in [-0.2, -0.15) is 0 Å². The fraction of sp³-hybridized carbons (Fsp3) is 1.00. The first kappa shape index (κ1) is 13.9. The van der Waals surface area contributed by atoms with E-state index in [0.717, 1.165) is 19.1 Å². The van der Waals surface area contributed by atoms with Crippen molar-refractivity contribution in [3.8, 4) is 0 Å². The molecule has 1 aliphatic heterocycles. The third kappa shape index (κ3) is 3.72. The third-order valence-electron chi connectivity index (χ3n) is 3.76. The molecule has 0 saturated carbocycles. The summed E-state index contributed by atoms with van der Waals surface area (Å²) < 4.78 is 5.31. The smallest absolute Gasteiger partial charge is 0.0630 e. The van der Waals surface area contributed by atoms with E-state index in [1.165, 1.54) is 19.5 Å². The Morgan fingerprint density at radius 3 is 2.56 bits per heavy atom. The van der Waals surface area contributed by atoms with E-state index in [0.29, 0.717) is 11.5 Å². The molecular weight excluding hydrogens is 200 g/mol. The first-order valence-electron chi connectivity index (χ1n) is 6.36. The van der Waals surface area contributed by atoms with Gasteiger partial charge in [0, 0.05) is 26.2 Å². The highest BCUT2D eigenvalue weighted by Gasteiger charge is 2.34. The average molecular weight is 228 g/mol. The first-order valence-corrected chi connectivity index (χ1v) is 6.36. The fourth-order valence-corrected chi connectivity index (χ4v) is 2.55. The van der Waals surface area contributed by atoms with Crippen molar-refractivity contribution in [3.05, 3.63) is 0 Å². The van der Waals surface area contributed by atoms with Crippen LogP contribution in [-0.2, 0) is 4.74 Å². The summed E-state index contributed by atoms with van der Waals surface area (Å²) in [6, 6.07) is 0.530. The number of ether oxygens (including phenoxy) is 1. The van der Waals surface area contributed by atoms with Crippen molar-refractivity contribution in [1.82, 2.24) is 10.2 Å². The fourth-order valence-electron chi connectivity index (χ4n) is 2.55. The lowest BCUT2D eigenvalue weighted by molar-refractivity contribution is 0.0976. The van der Waals surface area contributed by atoms with E-state index in [9.17, 15) is 0 Å². The molecule has 3 nitrogen and oxygen atoms in total. The Bertz CT molecular complexity index is 195. The van der Waals surface area contributed by atoms with Crippen molar-refractivity contribution in [1.29, 1.82) is 0 Å². The molecular formula is C13H28N2O. The molecule has 1 fully saturated rings. The van der Waals surface area contributed by atoms with Gasteiger partial charge in [-0.05, 0) is 31.3 Å². The molecule has 0 bridgehead atoms. The SMILES string of the molecule is CNCC(COC)N1CCC(C(C)(C)C)C1. The van der Waals surface area contributed by atoms with Gasteiger partial charge in [0.15, 0.2) is 0 Å². The van der Waals surface area contributed by atoms with Gasteiger partial charge < -0.3 is 10.1 Å². The average Bonchev–Trinajstić information content (AvgIpc) is 2.65. The lowest BCUT2D eigenvalue weighted by Crippen LogP contribution is -2.43. The summed E-state index contributed by atoms with van der Waals surface area (Å²) in [5.74, 6) is 0.823. The van der Waals surface area contributed by atoms with Crippen molar-refractivity contribution in [2.45, 2.75) is 33.2 Å². The normalized spacial score (nSPS) is 24.9. The molecule has 0 aromatic heterocycles. The maximum absolute atomic E-state index is 5.31. The molecule has 1 rings (SSSR count). The molecule has 1 aliphatic rings. The Balaban J connectivity index is 2.49. The number of likely N-dealkylation sites (N-methyl/N-ethyl adjacent to an activating group) is 1. The lowest BCUT2D eigenvalue weighted by Gasteiger charge is -2.30. The number of hydrogen-bond donors (Lipinski definition) is 1. The van der Waals surface area contributed by atoms with Crippen LogP contribution in [0.25, 0.3) is 0 Å². The minimum atomic E-state index is 0.437. The zero-order valence-electron chi connectivity index (χ0n) is 11.5. The van der Waals surface area contributed by atoms with Gasteiger partial charge in [0.25, 0.3) is 0 Å². The van der Waals surface area contributed by atoms with Crippen LogP contribution in [0, 0.1) is 11.3 Å². The Labute approximate surface area is 101 Å². The Morgan fingerprint density at radius 2 is 2.12 bits per heavy atom. The minimum Gasteiger partial charge on any atom is -0.383 e. The maximum atomic E-state index is 5.31. The highest BCUT2D eigenvalue weighted by molar-refractivity contribution is 4.87. The summed E-state index contributed by atoms with van der Waals surface area (Å²) in [7, 11) is 3.81. The van der Waals surface area contributed by atoms with Crippen molar-refractivity contribution >= 4 is 0 Å². The Morgan fingerprint density at radius 1 is 1.44 bits per heavy atom. The van der Waals surface area contributed by atoms with Crippen LogP contribution >= 0.6 is 0 Å². The lowest BCUT2D eigenvalue weighted by atomic mass is 9.80. The molecule has 0 aliphatic carbocycles. The van der Waals surface area contributed by atoms with Gasteiger partial charge in [-0.3, -0.25) is 4.90 Å². The van der Waals surface area contributed by atoms with E-state index in [1.807, 2.05) is 7.05 Å². The van der Waals surface area contributed by atoms with Crippen molar-refractivity contribution in [2.75, 3.05) is 40.4 Å². The molecule has 1 saturated heterocycles. The summed E-state index contributed by atoms with van der Waals surface area (Å²) in [6.07, 6.45) is 1.33. The highest BCUT2D eigenvalue weighted by Crippen LogP contribution is 2.34. The van der Waals surface area contributed by atoms with Crippen molar-refractivity contribution < 1.29 is 4.74 Å². The topological polar surface area (TPSA) is 24.5 Å². The van der Waals surface area contributed by atoms with Crippen molar-refractivity contribution in [2.24, 2.45) is 11.3 Å². The Kier molecular flexibility index (Phi) is 5.22. The van der Waals surface area contributed by atoms with E-state index < -0.39 is 0 Å². The largest absolute Gasteiger partial charge is 0.383 e. The number of likely N-dealkylation sites (tertiary alicyclic amines) is 1. The van der Waals surface area contributed by atoms with Gasteiger partial charge in [-0.1, -0.05) is 20.8 Å². The monoisotopic (exact) mass is 228 g/mol. The summed E-state index contributed by atoms with van der Waals surface area (Å²) >= 11 is 0. The molecule has 2 unspecified atom stereocenters.